The van der Waals surface area contributed by atoms with Crippen LogP contribution in [0.3, 0.4) is 0 Å². The SMILES string of the molecule is C[C@@H]1[C@@H]([Si](C)(C)F)[C@H](CCn2cc(CCO)nn2)O[C@@]12C(=O)N(Cc1cccc(NC(=O)c3ccccc3)c1)c1ccc([N+](=O)[O-])cc12. The van der Waals surface area contributed by atoms with E-state index in [1.54, 1.807) is 84.3 Å². The Morgan fingerprint density at radius 3 is 2.62 bits per heavy atom. The molecule has 2 amide bonds. The van der Waals surface area contributed by atoms with Crippen LogP contribution in [0.5, 0.6) is 0 Å². The molecule has 4 aromatic rings. The molecular weight excluding hydrogens is 635 g/mol. The third-order valence-electron chi connectivity index (χ3n) is 9.31. The predicted octanol–water partition coefficient (Wildman–Crippen LogP) is 5.39. The number of aliphatic hydroxyl groups excluding tert-OH is 1. The van der Waals surface area contributed by atoms with E-state index in [-0.39, 0.29) is 24.7 Å². The molecule has 0 aliphatic carbocycles. The minimum absolute atomic E-state index is 0.0645. The van der Waals surface area contributed by atoms with Crippen LogP contribution in [0.2, 0.25) is 18.6 Å². The van der Waals surface area contributed by atoms with E-state index in [9.17, 15) is 24.8 Å². The van der Waals surface area contributed by atoms with E-state index >= 15 is 4.11 Å². The number of benzene rings is 3. The maximum absolute atomic E-state index is 16.2. The lowest BCUT2D eigenvalue weighted by atomic mass is 9.82. The fourth-order valence-electron chi connectivity index (χ4n) is 7.23. The first-order chi connectivity index (χ1) is 22.9. The molecule has 1 fully saturated rings. The van der Waals surface area contributed by atoms with Gasteiger partial charge in [0.25, 0.3) is 17.5 Å². The second kappa shape index (κ2) is 13.0. The molecule has 1 aromatic heterocycles. The highest BCUT2D eigenvalue weighted by Gasteiger charge is 2.66. The van der Waals surface area contributed by atoms with Crippen molar-refractivity contribution in [3.63, 3.8) is 0 Å². The number of hydrogen-bond donors (Lipinski definition) is 2. The molecule has 3 aromatic carbocycles. The van der Waals surface area contributed by atoms with Crippen molar-refractivity contribution in [1.82, 2.24) is 15.0 Å². The number of nitrogens with one attached hydrogen (secondary N) is 1. The van der Waals surface area contributed by atoms with Crippen molar-refractivity contribution in [1.29, 1.82) is 0 Å². The first kappa shape index (κ1) is 33.1. The molecule has 0 bridgehead atoms. The number of carbonyl (C=O) groups excluding carboxylic acids is 2. The van der Waals surface area contributed by atoms with Gasteiger partial charge in [0.1, 0.15) is 0 Å². The van der Waals surface area contributed by atoms with E-state index in [0.29, 0.717) is 53.1 Å². The average molecular weight is 673 g/mol. The highest BCUT2D eigenvalue weighted by molar-refractivity contribution is 6.72. The zero-order valence-electron chi connectivity index (χ0n) is 26.9. The maximum atomic E-state index is 16.2. The minimum Gasteiger partial charge on any atom is -0.396 e. The lowest BCUT2D eigenvalue weighted by Gasteiger charge is -2.31. The normalized spacial score (nSPS) is 21.9. The highest BCUT2D eigenvalue weighted by atomic mass is 28.4. The Balaban J connectivity index is 1.33. The highest BCUT2D eigenvalue weighted by Crippen LogP contribution is 2.60. The summed E-state index contributed by atoms with van der Waals surface area (Å²) in [6, 6.07) is 20.2. The number of aromatic nitrogens is 3. The fraction of sp³-hybridized carbons (Fsp3) is 0.353. The Hall–Kier alpha value is -4.79. The van der Waals surface area contributed by atoms with Crippen LogP contribution in [-0.4, -0.2) is 58.0 Å². The van der Waals surface area contributed by atoms with Crippen molar-refractivity contribution >= 4 is 37.3 Å². The van der Waals surface area contributed by atoms with Gasteiger partial charge in [-0.1, -0.05) is 42.5 Å². The summed E-state index contributed by atoms with van der Waals surface area (Å²) in [7, 11) is -3.47. The van der Waals surface area contributed by atoms with Gasteiger partial charge in [-0.05, 0) is 55.4 Å². The minimum atomic E-state index is -3.47. The summed E-state index contributed by atoms with van der Waals surface area (Å²) in [5.74, 6) is -1.33. The van der Waals surface area contributed by atoms with Gasteiger partial charge in [-0.3, -0.25) is 24.4 Å². The van der Waals surface area contributed by atoms with Crippen LogP contribution >= 0.6 is 0 Å². The molecule has 1 spiro atoms. The van der Waals surface area contributed by atoms with Crippen LogP contribution in [0.4, 0.5) is 21.2 Å². The molecule has 3 heterocycles. The van der Waals surface area contributed by atoms with Gasteiger partial charge in [0.15, 0.2) is 5.60 Å². The second-order valence-corrected chi connectivity index (χ2v) is 16.7. The number of anilines is 2. The molecule has 0 saturated carbocycles. The molecule has 0 unspecified atom stereocenters. The van der Waals surface area contributed by atoms with Gasteiger partial charge < -0.3 is 24.2 Å². The molecule has 14 heteroatoms. The standard InChI is InChI=1S/C34H37FN6O6Si/c1-22-31(48(2,3)35)30(14-16-39-21-26(15-17-42)37-38-39)47-34(22)28-19-27(41(45)46)12-13-29(28)40(33(34)44)20-23-8-7-11-25(18-23)36-32(43)24-9-5-4-6-10-24/h4-13,18-19,21-22,30-31,42H,14-17,20H2,1-3H3,(H,36,43)/t22-,30+,31-,34+/m1/s1. The van der Waals surface area contributed by atoms with E-state index in [4.69, 9.17) is 4.74 Å². The van der Waals surface area contributed by atoms with Gasteiger partial charge in [0, 0.05) is 66.2 Å². The molecule has 250 valence electrons. The summed E-state index contributed by atoms with van der Waals surface area (Å²) < 4.78 is 24.6. The average Bonchev–Trinajstić information content (AvgIpc) is 3.70. The van der Waals surface area contributed by atoms with Crippen molar-refractivity contribution in [2.24, 2.45) is 5.92 Å². The van der Waals surface area contributed by atoms with E-state index < -0.39 is 42.4 Å². The van der Waals surface area contributed by atoms with Gasteiger partial charge >= 0.3 is 0 Å². The Bertz CT molecular complexity index is 1850. The van der Waals surface area contributed by atoms with Crippen LogP contribution < -0.4 is 10.2 Å². The Morgan fingerprint density at radius 1 is 1.15 bits per heavy atom. The molecule has 6 rings (SSSR count). The molecule has 2 aliphatic heterocycles. The van der Waals surface area contributed by atoms with Crippen LogP contribution in [0, 0.1) is 16.0 Å². The maximum Gasteiger partial charge on any atom is 0.269 e. The number of aryl methyl sites for hydroxylation is 1. The van der Waals surface area contributed by atoms with Crippen molar-refractivity contribution in [3.8, 4) is 0 Å². The number of carbonyl (C=O) groups is 2. The molecule has 2 N–H and O–H groups in total. The van der Waals surface area contributed by atoms with Crippen molar-refractivity contribution in [2.75, 3.05) is 16.8 Å². The first-order valence-electron chi connectivity index (χ1n) is 15.8. The third kappa shape index (κ3) is 6.13. The summed E-state index contributed by atoms with van der Waals surface area (Å²) in [4.78, 5) is 40.4. The molecular formula is C34H37FN6O6Si. The number of nitro groups is 1. The summed E-state index contributed by atoms with van der Waals surface area (Å²) in [6.07, 6.45) is 1.73. The van der Waals surface area contributed by atoms with Crippen LogP contribution in [-0.2, 0) is 34.6 Å². The van der Waals surface area contributed by atoms with Crippen LogP contribution in [0.1, 0.15) is 40.5 Å². The molecule has 2 aliphatic rings. The van der Waals surface area contributed by atoms with Gasteiger partial charge in [0.2, 0.25) is 8.41 Å². The Labute approximate surface area is 277 Å². The molecule has 1 saturated heterocycles. The van der Waals surface area contributed by atoms with Gasteiger partial charge in [-0.25, -0.2) is 0 Å². The topological polar surface area (TPSA) is 153 Å². The summed E-state index contributed by atoms with van der Waals surface area (Å²) in [6.45, 7) is 5.36. The number of ether oxygens (including phenoxy) is 1. The molecule has 4 atom stereocenters. The number of non-ortho nitro benzene ring substituents is 1. The second-order valence-electron chi connectivity index (χ2n) is 12.9. The van der Waals surface area contributed by atoms with Crippen molar-refractivity contribution < 1.29 is 28.5 Å². The summed E-state index contributed by atoms with van der Waals surface area (Å²) in [5.41, 5.74) is 0.732. The van der Waals surface area contributed by atoms with Crippen molar-refractivity contribution in [2.45, 2.75) is 63.2 Å². The van der Waals surface area contributed by atoms with Gasteiger partial charge in [0.05, 0.1) is 29.0 Å². The zero-order chi connectivity index (χ0) is 34.2. The van der Waals surface area contributed by atoms with Crippen LogP contribution in [0.15, 0.2) is 79.0 Å². The number of amides is 2. The van der Waals surface area contributed by atoms with Crippen LogP contribution in [0.25, 0.3) is 0 Å². The number of hydrogen-bond acceptors (Lipinski definition) is 8. The number of nitro benzene ring substituents is 1. The quantitative estimate of drug-likeness (QED) is 0.0932. The number of fused-ring (bicyclic) bond motifs is 2. The number of rotatable bonds is 11. The Morgan fingerprint density at radius 2 is 1.92 bits per heavy atom. The molecule has 0 radical (unpaired) electrons. The van der Waals surface area contributed by atoms with Gasteiger partial charge in [-0.15, -0.1) is 5.10 Å². The number of nitrogens with zero attached hydrogens (tertiary/aromatic N) is 5. The largest absolute Gasteiger partial charge is 0.396 e. The fourth-order valence-corrected chi connectivity index (χ4v) is 9.78. The monoisotopic (exact) mass is 672 g/mol. The summed E-state index contributed by atoms with van der Waals surface area (Å²) >= 11 is 0. The third-order valence-corrected chi connectivity index (χ3v) is 11.8. The summed E-state index contributed by atoms with van der Waals surface area (Å²) in [5, 5.41) is 32.2. The number of halogens is 1. The lowest BCUT2D eigenvalue weighted by molar-refractivity contribution is -0.385. The lowest BCUT2D eigenvalue weighted by Crippen LogP contribution is -2.45. The Kier molecular flexibility index (Phi) is 8.98. The van der Waals surface area contributed by atoms with E-state index in [1.807, 2.05) is 12.1 Å². The predicted molar refractivity (Wildman–Crippen MR) is 179 cm³/mol. The number of aliphatic hydroxyl groups is 1. The first-order valence-corrected chi connectivity index (χ1v) is 18.8. The van der Waals surface area contributed by atoms with E-state index in [0.717, 1.165) is 0 Å². The van der Waals surface area contributed by atoms with Crippen molar-refractivity contribution in [3.05, 3.63) is 111 Å². The van der Waals surface area contributed by atoms with E-state index in [1.165, 1.54) is 12.1 Å². The zero-order valence-corrected chi connectivity index (χ0v) is 27.9. The molecule has 12 nitrogen and oxygen atoms in total. The van der Waals surface area contributed by atoms with E-state index in [2.05, 4.69) is 15.6 Å². The molecule has 48 heavy (non-hydrogen) atoms. The smallest absolute Gasteiger partial charge is 0.269 e. The van der Waals surface area contributed by atoms with Gasteiger partial charge in [-0.2, -0.15) is 0 Å².